The normalized spacial score (nSPS) is 19.0. The van der Waals surface area contributed by atoms with Crippen LogP contribution in [0.1, 0.15) is 13.3 Å². The zero-order chi connectivity index (χ0) is 10.1. The largest absolute Gasteiger partial charge is 0.466 e. The second-order valence-electron chi connectivity index (χ2n) is 2.70. The van der Waals surface area contributed by atoms with Crippen molar-refractivity contribution < 1.29 is 14.3 Å². The van der Waals surface area contributed by atoms with Crippen molar-refractivity contribution in [3.63, 3.8) is 0 Å². The number of alkyl halides is 2. The van der Waals surface area contributed by atoms with Gasteiger partial charge in [0.15, 0.2) is 5.78 Å². The number of ether oxygens (including phenoxy) is 1. The Morgan fingerprint density at radius 2 is 2.23 bits per heavy atom. The van der Waals surface area contributed by atoms with Gasteiger partial charge in [-0.1, -0.05) is 23.2 Å². The highest BCUT2D eigenvalue weighted by molar-refractivity contribution is 6.64. The van der Waals surface area contributed by atoms with Crippen molar-refractivity contribution in [1.29, 1.82) is 0 Å². The van der Waals surface area contributed by atoms with Gasteiger partial charge in [-0.2, -0.15) is 0 Å². The van der Waals surface area contributed by atoms with Crippen LogP contribution in [0.15, 0.2) is 11.6 Å². The molecule has 0 radical (unpaired) electrons. The summed E-state index contributed by atoms with van der Waals surface area (Å²) in [4.78, 5) is 21.2. The maximum atomic E-state index is 10.8. The van der Waals surface area contributed by atoms with Crippen LogP contribution in [0.5, 0.6) is 0 Å². The minimum atomic E-state index is -1.39. The van der Waals surface area contributed by atoms with Crippen LogP contribution in [0.2, 0.25) is 0 Å². The topological polar surface area (TPSA) is 43.4 Å². The van der Waals surface area contributed by atoms with Gasteiger partial charge >= 0.3 is 5.97 Å². The van der Waals surface area contributed by atoms with E-state index in [1.165, 1.54) is 13.0 Å². The van der Waals surface area contributed by atoms with Gasteiger partial charge in [0, 0.05) is 13.3 Å². The minimum Gasteiger partial charge on any atom is -0.466 e. The summed E-state index contributed by atoms with van der Waals surface area (Å²) in [6.45, 7) is 1.52. The number of halogens is 2. The van der Waals surface area contributed by atoms with Crippen LogP contribution in [-0.2, 0) is 14.3 Å². The lowest BCUT2D eigenvalue weighted by Crippen LogP contribution is -2.36. The number of hydrogen-bond acceptors (Lipinski definition) is 3. The maximum absolute atomic E-state index is 10.8. The van der Waals surface area contributed by atoms with Crippen LogP contribution >= 0.6 is 23.2 Å². The molecule has 0 fully saturated rings. The van der Waals surface area contributed by atoms with E-state index in [4.69, 9.17) is 23.2 Å². The van der Waals surface area contributed by atoms with Gasteiger partial charge in [0.25, 0.3) is 0 Å². The fourth-order valence-electron chi connectivity index (χ4n) is 0.954. The molecule has 3 nitrogen and oxygen atoms in total. The van der Waals surface area contributed by atoms with Gasteiger partial charge in [0.1, 0.15) is 0 Å². The van der Waals surface area contributed by atoms with Gasteiger partial charge in [-0.25, -0.2) is 0 Å². The summed E-state index contributed by atoms with van der Waals surface area (Å²) in [5, 5.41) is 0. The van der Waals surface area contributed by atoms with Crippen LogP contribution in [0.25, 0.3) is 0 Å². The van der Waals surface area contributed by atoms with E-state index in [9.17, 15) is 9.59 Å². The summed E-state index contributed by atoms with van der Waals surface area (Å²) in [7, 11) is 0. The Balaban J connectivity index is 2.37. The lowest BCUT2D eigenvalue weighted by molar-refractivity contribution is -0.140. The number of carbonyl (C=O) groups excluding carboxylic acids is 2. The highest BCUT2D eigenvalue weighted by Crippen LogP contribution is 2.40. The fraction of sp³-hybridized carbons (Fsp3) is 0.500. The molecule has 72 valence electrons. The molecule has 1 aliphatic carbocycles. The third-order valence-electron chi connectivity index (χ3n) is 1.69. The Kier molecular flexibility index (Phi) is 2.98. The van der Waals surface area contributed by atoms with E-state index in [0.29, 0.717) is 12.0 Å². The van der Waals surface area contributed by atoms with Crippen molar-refractivity contribution in [3.05, 3.63) is 11.6 Å². The molecule has 0 aromatic rings. The summed E-state index contributed by atoms with van der Waals surface area (Å²) in [5.41, 5.74) is 0.599. The van der Waals surface area contributed by atoms with Gasteiger partial charge in [0.2, 0.25) is 4.33 Å². The number of allylic oxidation sites excluding steroid dienone is 1. The lowest BCUT2D eigenvalue weighted by Gasteiger charge is -2.28. The Hall–Kier alpha value is -0.540. The number of carbonyl (C=O) groups is 2. The molecule has 0 spiro atoms. The molecule has 0 saturated heterocycles. The van der Waals surface area contributed by atoms with E-state index in [0.717, 1.165) is 0 Å². The maximum Gasteiger partial charge on any atom is 0.302 e. The molecule has 0 saturated carbocycles. The van der Waals surface area contributed by atoms with E-state index >= 15 is 0 Å². The van der Waals surface area contributed by atoms with Crippen LogP contribution in [0.3, 0.4) is 0 Å². The summed E-state index contributed by atoms with van der Waals surface area (Å²) in [6, 6.07) is 0. The number of ketones is 1. The molecule has 0 N–H and O–H groups in total. The quantitative estimate of drug-likeness (QED) is 0.539. The van der Waals surface area contributed by atoms with Gasteiger partial charge < -0.3 is 4.74 Å². The fourth-order valence-corrected chi connectivity index (χ4v) is 1.36. The van der Waals surface area contributed by atoms with Gasteiger partial charge in [-0.05, 0) is 11.6 Å². The molecule has 0 aromatic carbocycles. The molecule has 0 atom stereocenters. The van der Waals surface area contributed by atoms with E-state index in [-0.39, 0.29) is 18.4 Å². The smallest absolute Gasteiger partial charge is 0.302 e. The average Bonchev–Trinajstić information content (AvgIpc) is 2.02. The highest BCUT2D eigenvalue weighted by Gasteiger charge is 2.44. The molecule has 1 rings (SSSR count). The van der Waals surface area contributed by atoms with E-state index in [2.05, 4.69) is 4.74 Å². The molecule has 0 heterocycles. The second-order valence-corrected chi connectivity index (χ2v) is 4.03. The zero-order valence-corrected chi connectivity index (χ0v) is 8.48. The highest BCUT2D eigenvalue weighted by atomic mass is 35.5. The van der Waals surface area contributed by atoms with Crippen molar-refractivity contribution in [1.82, 2.24) is 0 Å². The first-order valence-corrected chi connectivity index (χ1v) is 4.47. The molecule has 1 aliphatic rings. The molecule has 0 aromatic heterocycles. The standard InChI is InChI=1S/C8H8Cl2O3/c1-5(11)13-3-2-6-4-7(12)8(6,9)10/h4H,2-3H2,1H3. The molecule has 0 amide bonds. The minimum absolute atomic E-state index is 0.204. The van der Waals surface area contributed by atoms with Crippen molar-refractivity contribution in [3.8, 4) is 0 Å². The number of esters is 1. The SMILES string of the molecule is CC(=O)OCCC1=CC(=O)C1(Cl)Cl. The van der Waals surface area contributed by atoms with Crippen LogP contribution in [0.4, 0.5) is 0 Å². The van der Waals surface area contributed by atoms with Crippen molar-refractivity contribution in [2.75, 3.05) is 6.61 Å². The third-order valence-corrected chi connectivity index (χ3v) is 2.55. The molecular weight excluding hydrogens is 215 g/mol. The van der Waals surface area contributed by atoms with Gasteiger partial charge in [0.05, 0.1) is 6.61 Å². The number of hydrogen-bond donors (Lipinski definition) is 0. The molecule has 5 heteroatoms. The predicted octanol–water partition coefficient (Wildman–Crippen LogP) is 1.62. The van der Waals surface area contributed by atoms with Gasteiger partial charge in [-0.3, -0.25) is 9.59 Å². The van der Waals surface area contributed by atoms with Crippen molar-refractivity contribution in [2.24, 2.45) is 0 Å². The summed E-state index contributed by atoms with van der Waals surface area (Å²) >= 11 is 11.3. The van der Waals surface area contributed by atoms with Crippen LogP contribution in [0, 0.1) is 0 Å². The van der Waals surface area contributed by atoms with Crippen LogP contribution < -0.4 is 0 Å². The first-order chi connectivity index (χ1) is 5.94. The van der Waals surface area contributed by atoms with E-state index in [1.54, 1.807) is 0 Å². The Morgan fingerprint density at radius 3 is 2.62 bits per heavy atom. The monoisotopic (exact) mass is 222 g/mol. The van der Waals surface area contributed by atoms with E-state index < -0.39 is 4.33 Å². The third kappa shape index (κ3) is 2.23. The summed E-state index contributed by atoms with van der Waals surface area (Å²) in [5.74, 6) is -0.672. The zero-order valence-electron chi connectivity index (χ0n) is 6.97. The first kappa shape index (κ1) is 10.5. The first-order valence-electron chi connectivity index (χ1n) is 3.71. The van der Waals surface area contributed by atoms with Crippen molar-refractivity contribution in [2.45, 2.75) is 17.7 Å². The average molecular weight is 223 g/mol. The molecule has 0 bridgehead atoms. The summed E-state index contributed by atoms with van der Waals surface area (Å²) in [6.07, 6.45) is 1.77. The molecule has 13 heavy (non-hydrogen) atoms. The number of rotatable bonds is 3. The Bertz CT molecular complexity index is 281. The Labute approximate surface area is 85.6 Å². The van der Waals surface area contributed by atoms with Crippen molar-refractivity contribution >= 4 is 35.0 Å². The lowest BCUT2D eigenvalue weighted by atomic mass is 9.93. The summed E-state index contributed by atoms with van der Waals surface area (Å²) < 4.78 is 3.28. The Morgan fingerprint density at radius 1 is 1.62 bits per heavy atom. The van der Waals surface area contributed by atoms with Crippen LogP contribution in [-0.4, -0.2) is 22.7 Å². The molecule has 0 unspecified atom stereocenters. The molecular formula is C8H8Cl2O3. The molecule has 0 aliphatic heterocycles. The van der Waals surface area contributed by atoms with E-state index in [1.807, 2.05) is 0 Å². The second kappa shape index (κ2) is 3.68. The van der Waals surface area contributed by atoms with Gasteiger partial charge in [-0.15, -0.1) is 0 Å². The predicted molar refractivity (Wildman–Crippen MR) is 48.8 cm³/mol.